The number of ether oxygens (including phenoxy) is 1. The van der Waals surface area contributed by atoms with Gasteiger partial charge in [0.15, 0.2) is 0 Å². The predicted molar refractivity (Wildman–Crippen MR) is 119 cm³/mol. The molecule has 1 saturated heterocycles. The van der Waals surface area contributed by atoms with Gasteiger partial charge in [0.05, 0.1) is 17.7 Å². The summed E-state index contributed by atoms with van der Waals surface area (Å²) in [5.74, 6) is 0.529. The van der Waals surface area contributed by atoms with Crippen molar-refractivity contribution in [1.82, 2.24) is 14.9 Å². The average Bonchev–Trinajstić information content (AvgIpc) is 3.18. The third-order valence-corrected chi connectivity index (χ3v) is 5.51. The van der Waals surface area contributed by atoms with Crippen LogP contribution in [-0.2, 0) is 0 Å². The monoisotopic (exact) mass is 421 g/mol. The summed E-state index contributed by atoms with van der Waals surface area (Å²) in [5.41, 5.74) is 7.57. The molecular formula is C23H27N5O3. The zero-order valence-corrected chi connectivity index (χ0v) is 17.6. The van der Waals surface area contributed by atoms with Crippen molar-refractivity contribution < 1.29 is 14.6 Å². The van der Waals surface area contributed by atoms with Crippen LogP contribution in [0.5, 0.6) is 5.75 Å². The highest BCUT2D eigenvalue weighted by atomic mass is 16.5. The quantitative estimate of drug-likeness (QED) is 0.598. The average molecular weight is 422 g/mol. The Morgan fingerprint density at radius 1 is 1.23 bits per heavy atom. The van der Waals surface area contributed by atoms with E-state index in [1.54, 1.807) is 48.6 Å². The maximum absolute atomic E-state index is 12.8. The van der Waals surface area contributed by atoms with Gasteiger partial charge in [0.2, 0.25) is 0 Å². The Morgan fingerprint density at radius 2 is 2.03 bits per heavy atom. The number of benzene rings is 1. The molecule has 1 fully saturated rings. The first-order valence-corrected chi connectivity index (χ1v) is 10.3. The molecular weight excluding hydrogens is 394 g/mol. The Balaban J connectivity index is 1.42. The van der Waals surface area contributed by atoms with Crippen molar-refractivity contribution in [2.75, 3.05) is 44.7 Å². The number of nitrogens with two attached hydrogens (primary N) is 1. The van der Waals surface area contributed by atoms with Gasteiger partial charge in [0, 0.05) is 44.6 Å². The lowest BCUT2D eigenvalue weighted by molar-refractivity contribution is 0.0264. The second kappa shape index (κ2) is 8.87. The van der Waals surface area contributed by atoms with Crippen LogP contribution in [0.2, 0.25) is 0 Å². The molecule has 3 N–H and O–H groups in total. The number of likely N-dealkylation sites (N-methyl/N-ethyl adjacent to an activating group) is 1. The number of nitrogens with zero attached hydrogens (tertiary/aromatic N) is 4. The van der Waals surface area contributed by atoms with E-state index in [-0.39, 0.29) is 12.5 Å². The fourth-order valence-electron chi connectivity index (χ4n) is 4.02. The Hall–Kier alpha value is -3.23. The third kappa shape index (κ3) is 4.60. The molecule has 8 heteroatoms. The van der Waals surface area contributed by atoms with Crippen molar-refractivity contribution in [2.24, 2.45) is 5.73 Å². The largest absolute Gasteiger partial charge is 0.492 e. The summed E-state index contributed by atoms with van der Waals surface area (Å²) in [6, 6.07) is 12.7. The lowest BCUT2D eigenvalue weighted by Gasteiger charge is -2.29. The van der Waals surface area contributed by atoms with E-state index < -0.39 is 5.60 Å². The fourth-order valence-corrected chi connectivity index (χ4v) is 4.02. The molecule has 3 heterocycles. The molecule has 162 valence electrons. The number of anilines is 1. The number of rotatable bonds is 7. The summed E-state index contributed by atoms with van der Waals surface area (Å²) < 4.78 is 5.45. The van der Waals surface area contributed by atoms with Crippen LogP contribution in [0.15, 0.2) is 54.9 Å². The first-order valence-electron chi connectivity index (χ1n) is 10.3. The number of hydrogen-bond acceptors (Lipinski definition) is 7. The van der Waals surface area contributed by atoms with Gasteiger partial charge < -0.3 is 25.4 Å². The van der Waals surface area contributed by atoms with Gasteiger partial charge in [-0.2, -0.15) is 0 Å². The summed E-state index contributed by atoms with van der Waals surface area (Å²) in [4.78, 5) is 25.3. The first-order chi connectivity index (χ1) is 15.0. The maximum Gasteiger partial charge on any atom is 0.253 e. The molecule has 1 amide bonds. The SMILES string of the molecule is CN(CC1(O)CCN(c2ccnc3cccnc23)C1)C(=O)c1ccc(OCCN)cc1. The van der Waals surface area contributed by atoms with E-state index in [1.165, 1.54) is 0 Å². The Bertz CT molecular complexity index is 1050. The minimum atomic E-state index is -1.00. The minimum absolute atomic E-state index is 0.145. The van der Waals surface area contributed by atoms with Crippen molar-refractivity contribution in [1.29, 1.82) is 0 Å². The Kier molecular flexibility index (Phi) is 6.01. The van der Waals surface area contributed by atoms with Crippen LogP contribution in [0.1, 0.15) is 16.8 Å². The Labute approximate surface area is 181 Å². The van der Waals surface area contributed by atoms with Gasteiger partial charge in [-0.3, -0.25) is 14.8 Å². The predicted octanol–water partition coefficient (Wildman–Crippen LogP) is 1.68. The van der Waals surface area contributed by atoms with Gasteiger partial charge in [-0.1, -0.05) is 0 Å². The van der Waals surface area contributed by atoms with Gasteiger partial charge in [-0.05, 0) is 48.9 Å². The normalized spacial score (nSPS) is 18.4. The summed E-state index contributed by atoms with van der Waals surface area (Å²) in [6.45, 7) is 2.21. The fraction of sp³-hybridized carbons (Fsp3) is 0.348. The summed E-state index contributed by atoms with van der Waals surface area (Å²) in [6.07, 6.45) is 4.06. The molecule has 0 aliphatic carbocycles. The second-order valence-corrected chi connectivity index (χ2v) is 7.92. The van der Waals surface area contributed by atoms with Crippen LogP contribution in [0.25, 0.3) is 11.0 Å². The zero-order valence-electron chi connectivity index (χ0n) is 17.6. The third-order valence-electron chi connectivity index (χ3n) is 5.51. The van der Waals surface area contributed by atoms with Crippen LogP contribution in [-0.4, -0.2) is 71.3 Å². The van der Waals surface area contributed by atoms with Crippen LogP contribution in [0, 0.1) is 0 Å². The summed E-state index contributed by atoms with van der Waals surface area (Å²) >= 11 is 0. The molecule has 31 heavy (non-hydrogen) atoms. The van der Waals surface area contributed by atoms with E-state index in [0.29, 0.717) is 44.0 Å². The van der Waals surface area contributed by atoms with Crippen LogP contribution in [0.3, 0.4) is 0 Å². The summed E-state index contributed by atoms with van der Waals surface area (Å²) in [5, 5.41) is 11.2. The van der Waals surface area contributed by atoms with Crippen molar-refractivity contribution in [3.63, 3.8) is 0 Å². The lowest BCUT2D eigenvalue weighted by atomic mass is 10.0. The molecule has 1 unspecified atom stereocenters. The van der Waals surface area contributed by atoms with Crippen LogP contribution in [0.4, 0.5) is 5.69 Å². The standard InChI is InChI=1S/C23H27N5O3/c1-27(22(29)17-4-6-18(7-5-17)31-14-10-24)15-23(30)9-13-28(16-23)20-8-12-25-19-3-2-11-26-21(19)20/h2-8,11-12,30H,9-10,13-16,24H2,1H3. The molecule has 2 aromatic heterocycles. The molecule has 0 spiro atoms. The van der Waals surface area contributed by atoms with E-state index in [0.717, 1.165) is 16.7 Å². The minimum Gasteiger partial charge on any atom is -0.492 e. The van der Waals surface area contributed by atoms with Gasteiger partial charge >= 0.3 is 0 Å². The molecule has 0 radical (unpaired) electrons. The molecule has 1 atom stereocenters. The second-order valence-electron chi connectivity index (χ2n) is 7.92. The molecule has 4 rings (SSSR count). The highest BCUT2D eigenvalue weighted by Crippen LogP contribution is 2.31. The van der Waals surface area contributed by atoms with Crippen molar-refractivity contribution in [2.45, 2.75) is 12.0 Å². The molecule has 0 saturated carbocycles. The number of aliphatic hydroxyl groups is 1. The van der Waals surface area contributed by atoms with Crippen molar-refractivity contribution >= 4 is 22.6 Å². The molecule has 1 aliphatic heterocycles. The highest BCUT2D eigenvalue weighted by molar-refractivity contribution is 5.94. The number of carbonyl (C=O) groups excluding carboxylic acids is 1. The van der Waals surface area contributed by atoms with Crippen molar-refractivity contribution in [3.05, 3.63) is 60.4 Å². The lowest BCUT2D eigenvalue weighted by Crippen LogP contribution is -2.45. The van der Waals surface area contributed by atoms with Gasteiger partial charge in [0.25, 0.3) is 5.91 Å². The Morgan fingerprint density at radius 3 is 2.81 bits per heavy atom. The first kappa shape index (κ1) is 21.0. The number of hydrogen-bond donors (Lipinski definition) is 2. The van der Waals surface area contributed by atoms with E-state index in [1.807, 2.05) is 18.2 Å². The van der Waals surface area contributed by atoms with E-state index in [9.17, 15) is 9.90 Å². The molecule has 1 aromatic carbocycles. The molecule has 1 aliphatic rings. The number of pyridine rings is 2. The number of aromatic nitrogens is 2. The smallest absolute Gasteiger partial charge is 0.253 e. The summed E-state index contributed by atoms with van der Waals surface area (Å²) in [7, 11) is 1.71. The zero-order chi connectivity index (χ0) is 21.8. The van der Waals surface area contributed by atoms with Crippen LogP contribution >= 0.6 is 0 Å². The molecule has 8 nitrogen and oxygen atoms in total. The van der Waals surface area contributed by atoms with E-state index >= 15 is 0 Å². The number of β-amino-alcohol motifs (C(OH)–C–C–N with tert-alkyl or cyclic N) is 1. The van der Waals surface area contributed by atoms with Crippen molar-refractivity contribution in [3.8, 4) is 5.75 Å². The van der Waals surface area contributed by atoms with E-state index in [4.69, 9.17) is 10.5 Å². The highest BCUT2D eigenvalue weighted by Gasteiger charge is 2.38. The number of fused-ring (bicyclic) bond motifs is 1. The molecule has 3 aromatic rings. The van der Waals surface area contributed by atoms with E-state index in [2.05, 4.69) is 14.9 Å². The number of carbonyl (C=O) groups is 1. The van der Waals surface area contributed by atoms with Gasteiger partial charge in [-0.25, -0.2) is 0 Å². The molecule has 0 bridgehead atoms. The topological polar surface area (TPSA) is 105 Å². The van der Waals surface area contributed by atoms with Gasteiger partial charge in [-0.15, -0.1) is 0 Å². The maximum atomic E-state index is 12.8. The van der Waals surface area contributed by atoms with Crippen LogP contribution < -0.4 is 15.4 Å². The van der Waals surface area contributed by atoms with Gasteiger partial charge in [0.1, 0.15) is 23.5 Å². The number of amides is 1.